The van der Waals surface area contributed by atoms with Crippen LogP contribution < -0.4 is 4.90 Å². The monoisotopic (exact) mass is 375 g/mol. The molecule has 2 atom stereocenters. The molecular formula is C19H19ClFN3O2. The van der Waals surface area contributed by atoms with Crippen LogP contribution in [-0.2, 0) is 16.1 Å². The van der Waals surface area contributed by atoms with Gasteiger partial charge >= 0.3 is 0 Å². The van der Waals surface area contributed by atoms with Gasteiger partial charge in [0.05, 0.1) is 30.2 Å². The Kier molecular flexibility index (Phi) is 4.78. The van der Waals surface area contributed by atoms with Gasteiger partial charge in [-0.3, -0.25) is 4.79 Å². The van der Waals surface area contributed by atoms with Crippen LogP contribution in [0, 0.1) is 5.82 Å². The van der Waals surface area contributed by atoms with E-state index in [1.54, 1.807) is 0 Å². The summed E-state index contributed by atoms with van der Waals surface area (Å²) in [5, 5.41) is 0.261. The summed E-state index contributed by atoms with van der Waals surface area (Å²) in [6.45, 7) is 1.88. The van der Waals surface area contributed by atoms with E-state index in [9.17, 15) is 9.18 Å². The summed E-state index contributed by atoms with van der Waals surface area (Å²) in [6, 6.07) is 11.0. The number of fused-ring (bicyclic) bond motifs is 1. The van der Waals surface area contributed by atoms with Gasteiger partial charge in [0.15, 0.2) is 11.6 Å². The standard InChI is InChI=1S/C19H19ClFN3O2/c20-14-8-15(21)19(22-9-14)23-11-16-17(12-23)26-7-6-18(25)24(16)10-13-4-2-1-3-5-13/h1-5,8-9,16-17H,6-7,10-12H2/t16-,17-/m0/s1. The lowest BCUT2D eigenvalue weighted by atomic mass is 10.1. The van der Waals surface area contributed by atoms with Gasteiger partial charge in [-0.2, -0.15) is 0 Å². The molecule has 3 heterocycles. The van der Waals surface area contributed by atoms with Gasteiger partial charge in [0, 0.05) is 25.8 Å². The highest BCUT2D eigenvalue weighted by Crippen LogP contribution is 2.29. The van der Waals surface area contributed by atoms with Crippen LogP contribution in [0.2, 0.25) is 5.02 Å². The first kappa shape index (κ1) is 17.2. The number of nitrogens with zero attached hydrogens (tertiary/aromatic N) is 3. The number of carbonyl (C=O) groups excluding carboxylic acids is 1. The van der Waals surface area contributed by atoms with Crippen LogP contribution >= 0.6 is 11.6 Å². The first-order valence-corrected chi connectivity index (χ1v) is 9.00. The normalized spacial score (nSPS) is 23.1. The van der Waals surface area contributed by atoms with Crippen LogP contribution in [0.1, 0.15) is 12.0 Å². The van der Waals surface area contributed by atoms with Gasteiger partial charge in [-0.1, -0.05) is 41.9 Å². The Labute approximate surface area is 156 Å². The minimum Gasteiger partial charge on any atom is -0.374 e. The molecule has 0 radical (unpaired) electrons. The molecule has 0 bridgehead atoms. The Balaban J connectivity index is 1.59. The maximum atomic E-state index is 14.3. The van der Waals surface area contributed by atoms with Crippen molar-refractivity contribution in [1.29, 1.82) is 0 Å². The fourth-order valence-electron chi connectivity index (χ4n) is 3.64. The summed E-state index contributed by atoms with van der Waals surface area (Å²) < 4.78 is 20.2. The Hall–Kier alpha value is -2.18. The summed E-state index contributed by atoms with van der Waals surface area (Å²) in [4.78, 5) is 20.5. The molecular weight excluding hydrogens is 357 g/mol. The van der Waals surface area contributed by atoms with Crippen molar-refractivity contribution in [1.82, 2.24) is 9.88 Å². The van der Waals surface area contributed by atoms with E-state index in [0.717, 1.165) is 5.56 Å². The average molecular weight is 376 g/mol. The minimum absolute atomic E-state index is 0.0627. The van der Waals surface area contributed by atoms with Crippen molar-refractivity contribution < 1.29 is 13.9 Å². The maximum Gasteiger partial charge on any atom is 0.225 e. The van der Waals surface area contributed by atoms with E-state index >= 15 is 0 Å². The Morgan fingerprint density at radius 2 is 2.08 bits per heavy atom. The molecule has 2 aromatic rings. The molecule has 0 spiro atoms. The molecule has 1 amide bonds. The second-order valence-electron chi connectivity index (χ2n) is 6.60. The SMILES string of the molecule is O=C1CCO[C@H]2CN(c3ncc(Cl)cc3F)C[C@@H]2N1Cc1ccccc1. The summed E-state index contributed by atoms with van der Waals surface area (Å²) >= 11 is 5.80. The van der Waals surface area contributed by atoms with Crippen molar-refractivity contribution in [3.63, 3.8) is 0 Å². The Bertz CT molecular complexity index is 805. The molecule has 2 saturated heterocycles. The molecule has 2 aliphatic heterocycles. The molecule has 0 saturated carbocycles. The fraction of sp³-hybridized carbons (Fsp3) is 0.368. The summed E-state index contributed by atoms with van der Waals surface area (Å²) in [5.74, 6) is -0.152. The number of carbonyl (C=O) groups is 1. The number of amides is 1. The molecule has 2 fully saturated rings. The molecule has 7 heteroatoms. The van der Waals surface area contributed by atoms with E-state index in [1.165, 1.54) is 12.3 Å². The lowest BCUT2D eigenvalue weighted by Crippen LogP contribution is -2.45. The van der Waals surface area contributed by atoms with Crippen LogP contribution in [-0.4, -0.2) is 47.6 Å². The highest BCUT2D eigenvalue weighted by molar-refractivity contribution is 6.30. The quantitative estimate of drug-likeness (QED) is 0.827. The third-order valence-electron chi connectivity index (χ3n) is 4.89. The number of benzene rings is 1. The summed E-state index contributed by atoms with van der Waals surface area (Å²) in [5.41, 5.74) is 1.07. The molecule has 1 aromatic heterocycles. The molecule has 0 N–H and O–H groups in total. The molecule has 136 valence electrons. The molecule has 2 aliphatic rings. The zero-order valence-corrected chi connectivity index (χ0v) is 14.9. The number of aromatic nitrogens is 1. The third kappa shape index (κ3) is 3.39. The summed E-state index contributed by atoms with van der Waals surface area (Å²) in [7, 11) is 0. The van der Waals surface area contributed by atoms with Crippen LogP contribution in [0.15, 0.2) is 42.6 Å². The molecule has 1 aromatic carbocycles. The van der Waals surface area contributed by atoms with Gasteiger partial charge in [0.2, 0.25) is 5.91 Å². The second-order valence-corrected chi connectivity index (χ2v) is 7.03. The molecule has 0 aliphatic carbocycles. The van der Waals surface area contributed by atoms with Crippen LogP contribution in [0.5, 0.6) is 0 Å². The fourth-order valence-corrected chi connectivity index (χ4v) is 3.79. The lowest BCUT2D eigenvalue weighted by Gasteiger charge is -2.29. The topological polar surface area (TPSA) is 45.7 Å². The number of rotatable bonds is 3. The Morgan fingerprint density at radius 1 is 1.27 bits per heavy atom. The van der Waals surface area contributed by atoms with Crippen molar-refractivity contribution in [3.05, 3.63) is 59.0 Å². The van der Waals surface area contributed by atoms with E-state index in [4.69, 9.17) is 16.3 Å². The van der Waals surface area contributed by atoms with Gasteiger partial charge in [-0.15, -0.1) is 0 Å². The smallest absolute Gasteiger partial charge is 0.225 e. The number of hydrogen-bond donors (Lipinski definition) is 0. The predicted molar refractivity (Wildman–Crippen MR) is 96.6 cm³/mol. The third-order valence-corrected chi connectivity index (χ3v) is 5.10. The first-order chi connectivity index (χ1) is 12.6. The largest absolute Gasteiger partial charge is 0.374 e. The van der Waals surface area contributed by atoms with Gasteiger partial charge in [-0.25, -0.2) is 9.37 Å². The van der Waals surface area contributed by atoms with E-state index in [1.807, 2.05) is 40.1 Å². The predicted octanol–water partition coefficient (Wildman–Crippen LogP) is 2.88. The van der Waals surface area contributed by atoms with Gasteiger partial charge in [-0.05, 0) is 11.6 Å². The van der Waals surface area contributed by atoms with Crippen molar-refractivity contribution in [3.8, 4) is 0 Å². The van der Waals surface area contributed by atoms with Crippen molar-refractivity contribution in [2.24, 2.45) is 0 Å². The maximum absolute atomic E-state index is 14.3. The zero-order chi connectivity index (χ0) is 18.1. The molecule has 26 heavy (non-hydrogen) atoms. The minimum atomic E-state index is -0.463. The van der Waals surface area contributed by atoms with Crippen molar-refractivity contribution >= 4 is 23.3 Å². The Morgan fingerprint density at radius 3 is 2.85 bits per heavy atom. The molecule has 4 rings (SSSR count). The van der Waals surface area contributed by atoms with Crippen LogP contribution in [0.25, 0.3) is 0 Å². The van der Waals surface area contributed by atoms with Crippen LogP contribution in [0.3, 0.4) is 0 Å². The lowest BCUT2D eigenvalue weighted by molar-refractivity contribution is -0.133. The van der Waals surface area contributed by atoms with Gasteiger partial charge in [0.25, 0.3) is 0 Å². The second kappa shape index (κ2) is 7.21. The van der Waals surface area contributed by atoms with E-state index < -0.39 is 5.82 Å². The highest BCUT2D eigenvalue weighted by atomic mass is 35.5. The summed E-state index contributed by atoms with van der Waals surface area (Å²) in [6.07, 6.45) is 1.64. The first-order valence-electron chi connectivity index (χ1n) is 8.63. The van der Waals surface area contributed by atoms with Gasteiger partial charge < -0.3 is 14.5 Å². The number of pyridine rings is 1. The number of hydrogen-bond acceptors (Lipinski definition) is 4. The zero-order valence-electron chi connectivity index (χ0n) is 14.1. The van der Waals surface area contributed by atoms with E-state index in [0.29, 0.717) is 32.7 Å². The van der Waals surface area contributed by atoms with Crippen LogP contribution in [0.4, 0.5) is 10.2 Å². The highest BCUT2D eigenvalue weighted by Gasteiger charge is 2.42. The number of anilines is 1. The van der Waals surface area contributed by atoms with Crippen molar-refractivity contribution in [2.45, 2.75) is 25.1 Å². The van der Waals surface area contributed by atoms with Crippen molar-refractivity contribution in [2.75, 3.05) is 24.6 Å². The van der Waals surface area contributed by atoms with E-state index in [2.05, 4.69) is 4.98 Å². The number of halogens is 2. The number of ether oxygens (including phenoxy) is 1. The molecule has 0 unspecified atom stereocenters. The molecule has 5 nitrogen and oxygen atoms in total. The average Bonchev–Trinajstić information content (AvgIpc) is 2.98. The van der Waals surface area contributed by atoms with E-state index in [-0.39, 0.29) is 28.9 Å². The van der Waals surface area contributed by atoms with Gasteiger partial charge in [0.1, 0.15) is 0 Å².